The van der Waals surface area contributed by atoms with Crippen LogP contribution in [0.25, 0.3) is 22.5 Å². The fourth-order valence-electron chi connectivity index (χ4n) is 3.91. The minimum atomic E-state index is -0.509. The average Bonchev–Trinajstić information content (AvgIpc) is 3.49. The van der Waals surface area contributed by atoms with Gasteiger partial charge in [0.05, 0.1) is 5.52 Å². The van der Waals surface area contributed by atoms with Crippen LogP contribution in [0.15, 0.2) is 58.0 Å². The number of benzene rings is 1. The molecule has 9 heteroatoms. The highest BCUT2D eigenvalue weighted by atomic mass is 16.4. The van der Waals surface area contributed by atoms with Crippen molar-refractivity contribution in [2.24, 2.45) is 5.92 Å². The number of aromatic nitrogens is 5. The van der Waals surface area contributed by atoms with Gasteiger partial charge in [0.1, 0.15) is 12.4 Å². The lowest BCUT2D eigenvalue weighted by Gasteiger charge is -2.16. The van der Waals surface area contributed by atoms with Crippen molar-refractivity contribution >= 4 is 17.0 Å². The van der Waals surface area contributed by atoms with Crippen molar-refractivity contribution < 1.29 is 9.21 Å². The fourth-order valence-corrected chi connectivity index (χ4v) is 3.91. The molecule has 1 N–H and O–H groups in total. The van der Waals surface area contributed by atoms with Gasteiger partial charge in [0.25, 0.3) is 0 Å². The van der Waals surface area contributed by atoms with Crippen LogP contribution < -0.4 is 5.76 Å². The maximum absolute atomic E-state index is 12.8. The van der Waals surface area contributed by atoms with Crippen LogP contribution in [0.4, 0.5) is 0 Å². The predicted octanol–water partition coefficient (Wildman–Crippen LogP) is 1.87. The first-order chi connectivity index (χ1) is 14.7. The van der Waals surface area contributed by atoms with Crippen LogP contribution in [-0.4, -0.2) is 48.6 Å². The lowest BCUT2D eigenvalue weighted by atomic mass is 10.1. The van der Waals surface area contributed by atoms with Crippen LogP contribution in [0.1, 0.15) is 12.2 Å². The largest absolute Gasteiger partial charge is 0.420 e. The van der Waals surface area contributed by atoms with E-state index in [0.717, 1.165) is 17.8 Å². The molecule has 1 aromatic carbocycles. The van der Waals surface area contributed by atoms with Gasteiger partial charge in [0, 0.05) is 37.5 Å². The standard InChI is InChI=1S/C21H20N6O3/c28-19(13-27-16-5-1-2-6-17(16)30-21(27)29)26-9-7-14(12-26)10-18-23-20(25-24-18)15-4-3-8-22-11-15/h1-6,8,11,14H,7,9-10,12-13H2,(H,23,24,25). The lowest BCUT2D eigenvalue weighted by molar-refractivity contribution is -0.130. The molecule has 0 bridgehead atoms. The molecule has 1 saturated heterocycles. The highest BCUT2D eigenvalue weighted by Crippen LogP contribution is 2.21. The second kappa shape index (κ2) is 7.58. The number of oxazole rings is 1. The van der Waals surface area contributed by atoms with Crippen molar-refractivity contribution in [2.45, 2.75) is 19.4 Å². The number of aromatic amines is 1. The summed E-state index contributed by atoms with van der Waals surface area (Å²) in [5.41, 5.74) is 1.99. The molecule has 3 aromatic heterocycles. The molecule has 4 aromatic rings. The molecule has 0 saturated carbocycles. The third-order valence-corrected chi connectivity index (χ3v) is 5.44. The second-order valence-corrected chi connectivity index (χ2v) is 7.47. The van der Waals surface area contributed by atoms with Gasteiger partial charge in [0.2, 0.25) is 5.91 Å². The zero-order valence-corrected chi connectivity index (χ0v) is 16.2. The van der Waals surface area contributed by atoms with Gasteiger partial charge >= 0.3 is 5.76 Å². The van der Waals surface area contributed by atoms with E-state index in [-0.39, 0.29) is 12.5 Å². The van der Waals surface area contributed by atoms with Crippen LogP contribution in [0.3, 0.4) is 0 Å². The number of hydrogen-bond acceptors (Lipinski definition) is 6. The number of hydrogen-bond donors (Lipinski definition) is 1. The number of carbonyl (C=O) groups excluding carboxylic acids is 1. The van der Waals surface area contributed by atoms with Crippen molar-refractivity contribution in [3.63, 3.8) is 0 Å². The van der Waals surface area contributed by atoms with Crippen molar-refractivity contribution in [3.8, 4) is 11.4 Å². The maximum atomic E-state index is 12.8. The summed E-state index contributed by atoms with van der Waals surface area (Å²) in [6, 6.07) is 10.9. The predicted molar refractivity (Wildman–Crippen MR) is 108 cm³/mol. The van der Waals surface area contributed by atoms with Gasteiger partial charge < -0.3 is 9.32 Å². The van der Waals surface area contributed by atoms with Gasteiger partial charge in [-0.15, -0.1) is 0 Å². The Kier molecular flexibility index (Phi) is 4.62. The van der Waals surface area contributed by atoms with Crippen molar-refractivity contribution in [3.05, 3.63) is 65.2 Å². The first kappa shape index (κ1) is 18.3. The summed E-state index contributed by atoms with van der Waals surface area (Å²) in [6.45, 7) is 1.28. The lowest BCUT2D eigenvalue weighted by Crippen LogP contribution is -2.34. The monoisotopic (exact) mass is 404 g/mol. The first-order valence-corrected chi connectivity index (χ1v) is 9.85. The number of nitrogens with one attached hydrogen (secondary N) is 1. The quantitative estimate of drug-likeness (QED) is 0.544. The highest BCUT2D eigenvalue weighted by Gasteiger charge is 2.28. The molecule has 5 rings (SSSR count). The van der Waals surface area contributed by atoms with E-state index in [1.807, 2.05) is 18.2 Å². The van der Waals surface area contributed by atoms with Gasteiger partial charge in [-0.2, -0.15) is 5.10 Å². The summed E-state index contributed by atoms with van der Waals surface area (Å²) in [5, 5.41) is 7.26. The van der Waals surface area contributed by atoms with Crippen molar-refractivity contribution in [1.82, 2.24) is 29.6 Å². The van der Waals surface area contributed by atoms with E-state index >= 15 is 0 Å². The Bertz CT molecular complexity index is 1240. The van der Waals surface area contributed by atoms with E-state index in [0.29, 0.717) is 42.4 Å². The van der Waals surface area contributed by atoms with Crippen molar-refractivity contribution in [1.29, 1.82) is 0 Å². The van der Waals surface area contributed by atoms with Crippen LogP contribution in [0.2, 0.25) is 0 Å². The van der Waals surface area contributed by atoms with Gasteiger partial charge in [0.15, 0.2) is 11.4 Å². The minimum Gasteiger partial charge on any atom is -0.408 e. The summed E-state index contributed by atoms with van der Waals surface area (Å²) in [7, 11) is 0. The Balaban J connectivity index is 1.23. The van der Waals surface area contributed by atoms with Crippen LogP contribution in [-0.2, 0) is 17.8 Å². The molecule has 0 radical (unpaired) electrons. The Morgan fingerprint density at radius 1 is 1.23 bits per heavy atom. The molecule has 1 fully saturated rings. The highest BCUT2D eigenvalue weighted by molar-refractivity contribution is 5.79. The SMILES string of the molecule is O=C(Cn1c(=O)oc2ccccc21)N1CCC(Cc2nc(-c3cccnc3)n[nH]2)C1. The van der Waals surface area contributed by atoms with Crippen LogP contribution in [0.5, 0.6) is 0 Å². The first-order valence-electron chi connectivity index (χ1n) is 9.85. The zero-order valence-electron chi connectivity index (χ0n) is 16.2. The normalized spacial score (nSPS) is 16.4. The summed E-state index contributed by atoms with van der Waals surface area (Å²) >= 11 is 0. The number of likely N-dealkylation sites (tertiary alicyclic amines) is 1. The second-order valence-electron chi connectivity index (χ2n) is 7.47. The smallest absolute Gasteiger partial charge is 0.408 e. The molecule has 30 heavy (non-hydrogen) atoms. The van der Waals surface area contributed by atoms with Crippen LogP contribution in [0, 0.1) is 5.92 Å². The van der Waals surface area contributed by atoms with Gasteiger partial charge in [-0.3, -0.25) is 19.4 Å². The van der Waals surface area contributed by atoms with E-state index < -0.39 is 5.76 Å². The van der Waals surface area contributed by atoms with E-state index in [9.17, 15) is 9.59 Å². The van der Waals surface area contributed by atoms with E-state index in [2.05, 4.69) is 20.2 Å². The molecule has 0 aliphatic carbocycles. The maximum Gasteiger partial charge on any atom is 0.420 e. The summed E-state index contributed by atoms with van der Waals surface area (Å²) in [4.78, 5) is 35.3. The number of H-pyrrole nitrogens is 1. The summed E-state index contributed by atoms with van der Waals surface area (Å²) in [5.74, 6) is 1.12. The molecule has 1 aliphatic rings. The van der Waals surface area contributed by atoms with E-state index in [1.165, 1.54) is 4.57 Å². The third kappa shape index (κ3) is 3.49. The number of para-hydroxylation sites is 2. The Hall–Kier alpha value is -3.75. The van der Waals surface area contributed by atoms with E-state index in [1.54, 1.807) is 35.5 Å². The number of fused-ring (bicyclic) bond motifs is 1. The Morgan fingerprint density at radius 3 is 3.00 bits per heavy atom. The molecule has 0 spiro atoms. The third-order valence-electron chi connectivity index (χ3n) is 5.44. The number of nitrogens with zero attached hydrogens (tertiary/aromatic N) is 5. The molecule has 1 amide bonds. The zero-order chi connectivity index (χ0) is 20.5. The molecule has 1 aliphatic heterocycles. The number of carbonyl (C=O) groups is 1. The molecular weight excluding hydrogens is 384 g/mol. The van der Waals surface area contributed by atoms with Crippen LogP contribution >= 0.6 is 0 Å². The molecule has 1 atom stereocenters. The average molecular weight is 404 g/mol. The summed E-state index contributed by atoms with van der Waals surface area (Å²) in [6.07, 6.45) is 5.04. The number of rotatable bonds is 5. The Morgan fingerprint density at radius 2 is 2.13 bits per heavy atom. The summed E-state index contributed by atoms with van der Waals surface area (Å²) < 4.78 is 6.60. The van der Waals surface area contributed by atoms with Gasteiger partial charge in [-0.25, -0.2) is 9.78 Å². The molecule has 9 nitrogen and oxygen atoms in total. The molecule has 1 unspecified atom stereocenters. The molecular formula is C21H20N6O3. The number of pyridine rings is 1. The molecule has 4 heterocycles. The van der Waals surface area contributed by atoms with Crippen molar-refractivity contribution in [2.75, 3.05) is 13.1 Å². The van der Waals surface area contributed by atoms with E-state index in [4.69, 9.17) is 4.42 Å². The Labute approximate surface area is 171 Å². The number of amides is 1. The topological polar surface area (TPSA) is 110 Å². The van der Waals surface area contributed by atoms with Gasteiger partial charge in [-0.1, -0.05) is 12.1 Å². The fraction of sp³-hybridized carbons (Fsp3) is 0.286. The van der Waals surface area contributed by atoms with Gasteiger partial charge in [-0.05, 0) is 36.6 Å². The molecule has 152 valence electrons. The minimum absolute atomic E-state index is 0.0178.